The summed E-state index contributed by atoms with van der Waals surface area (Å²) in [5, 5.41) is 0. The van der Waals surface area contributed by atoms with Crippen LogP contribution in [0.25, 0.3) is 0 Å². The topological polar surface area (TPSA) is 63.4 Å². The predicted octanol–water partition coefficient (Wildman–Crippen LogP) is 2.18. The van der Waals surface area contributed by atoms with Gasteiger partial charge in [0.15, 0.2) is 0 Å². The lowest BCUT2D eigenvalue weighted by atomic mass is 10.00. The Morgan fingerprint density at radius 2 is 1.95 bits per heavy atom. The van der Waals surface area contributed by atoms with E-state index in [-0.39, 0.29) is 12.1 Å². The Kier molecular flexibility index (Phi) is 4.86. The molecule has 1 aromatic carbocycles. The molecule has 1 fully saturated rings. The van der Waals surface area contributed by atoms with Crippen LogP contribution in [0.1, 0.15) is 26.2 Å². The van der Waals surface area contributed by atoms with Crippen molar-refractivity contribution >= 4 is 32.6 Å². The maximum atomic E-state index is 12.7. The first-order valence-electron chi connectivity index (χ1n) is 6.46. The van der Waals surface area contributed by atoms with Crippen molar-refractivity contribution in [2.24, 2.45) is 5.73 Å². The van der Waals surface area contributed by atoms with E-state index in [0.717, 1.165) is 22.8 Å². The Morgan fingerprint density at radius 1 is 1.32 bits per heavy atom. The zero-order valence-corrected chi connectivity index (χ0v) is 13.9. The number of rotatable bonds is 3. The highest BCUT2D eigenvalue weighted by Gasteiger charge is 2.36. The number of nitrogens with zero attached hydrogens (tertiary/aromatic N) is 1. The molecular weight excluding hydrogens is 375 g/mol. The molecule has 0 saturated carbocycles. The van der Waals surface area contributed by atoms with Crippen LogP contribution in [0.15, 0.2) is 29.2 Å². The average Bonchev–Trinajstić information content (AvgIpc) is 2.38. The second kappa shape index (κ2) is 6.07. The van der Waals surface area contributed by atoms with E-state index in [9.17, 15) is 8.42 Å². The third kappa shape index (κ3) is 3.12. The SMILES string of the molecule is CC1CCCC(CN)N1S(=O)(=O)c1ccc(I)cc1. The Bertz CT molecular complexity index is 530. The molecule has 106 valence electrons. The van der Waals surface area contributed by atoms with Crippen molar-refractivity contribution in [1.82, 2.24) is 4.31 Å². The van der Waals surface area contributed by atoms with Crippen molar-refractivity contribution in [1.29, 1.82) is 0 Å². The number of hydrogen-bond acceptors (Lipinski definition) is 3. The molecule has 0 spiro atoms. The Hall–Kier alpha value is -0.180. The lowest BCUT2D eigenvalue weighted by molar-refractivity contribution is 0.196. The Labute approximate surface area is 128 Å². The van der Waals surface area contributed by atoms with Crippen molar-refractivity contribution in [2.45, 2.75) is 43.2 Å². The van der Waals surface area contributed by atoms with Crippen LogP contribution in [-0.2, 0) is 10.0 Å². The van der Waals surface area contributed by atoms with Gasteiger partial charge in [0.05, 0.1) is 4.90 Å². The minimum Gasteiger partial charge on any atom is -0.329 e. The molecule has 2 unspecified atom stereocenters. The second-order valence-electron chi connectivity index (χ2n) is 4.96. The first kappa shape index (κ1) is 15.2. The van der Waals surface area contributed by atoms with Gasteiger partial charge in [-0.05, 0) is 66.6 Å². The first-order chi connectivity index (χ1) is 8.96. The molecule has 1 aromatic rings. The molecular formula is C13H19IN2O2S. The summed E-state index contributed by atoms with van der Waals surface area (Å²) in [5.41, 5.74) is 5.75. The summed E-state index contributed by atoms with van der Waals surface area (Å²) in [6.07, 6.45) is 2.80. The van der Waals surface area contributed by atoms with Gasteiger partial charge in [-0.3, -0.25) is 0 Å². The summed E-state index contributed by atoms with van der Waals surface area (Å²) in [4.78, 5) is 0.361. The average molecular weight is 394 g/mol. The van der Waals surface area contributed by atoms with Crippen LogP contribution in [0, 0.1) is 3.57 Å². The van der Waals surface area contributed by atoms with E-state index in [1.165, 1.54) is 0 Å². The summed E-state index contributed by atoms with van der Waals surface area (Å²) in [5.74, 6) is 0. The van der Waals surface area contributed by atoms with Gasteiger partial charge in [0, 0.05) is 22.2 Å². The lowest BCUT2D eigenvalue weighted by Crippen LogP contribution is -2.51. The molecule has 0 aliphatic carbocycles. The fourth-order valence-electron chi connectivity index (χ4n) is 2.65. The van der Waals surface area contributed by atoms with Gasteiger partial charge < -0.3 is 5.73 Å². The molecule has 1 aliphatic rings. The van der Waals surface area contributed by atoms with Crippen LogP contribution in [0.5, 0.6) is 0 Å². The highest BCUT2D eigenvalue weighted by Crippen LogP contribution is 2.29. The molecule has 19 heavy (non-hydrogen) atoms. The van der Waals surface area contributed by atoms with Crippen molar-refractivity contribution in [3.63, 3.8) is 0 Å². The highest BCUT2D eigenvalue weighted by molar-refractivity contribution is 14.1. The van der Waals surface area contributed by atoms with E-state index in [0.29, 0.717) is 11.4 Å². The zero-order valence-electron chi connectivity index (χ0n) is 10.9. The van der Waals surface area contributed by atoms with E-state index in [1.807, 2.05) is 19.1 Å². The second-order valence-corrected chi connectivity index (χ2v) is 8.05. The fourth-order valence-corrected chi connectivity index (χ4v) is 4.89. The van der Waals surface area contributed by atoms with Gasteiger partial charge in [-0.1, -0.05) is 6.42 Å². The van der Waals surface area contributed by atoms with Gasteiger partial charge >= 0.3 is 0 Å². The van der Waals surface area contributed by atoms with Crippen molar-refractivity contribution in [2.75, 3.05) is 6.54 Å². The molecule has 2 atom stereocenters. The van der Waals surface area contributed by atoms with Gasteiger partial charge in [-0.15, -0.1) is 0 Å². The minimum atomic E-state index is -3.44. The van der Waals surface area contributed by atoms with Crippen molar-refractivity contribution in [3.05, 3.63) is 27.8 Å². The van der Waals surface area contributed by atoms with Crippen molar-refractivity contribution in [3.8, 4) is 0 Å². The number of hydrogen-bond donors (Lipinski definition) is 1. The molecule has 1 heterocycles. The Balaban J connectivity index is 2.38. The van der Waals surface area contributed by atoms with Crippen molar-refractivity contribution < 1.29 is 8.42 Å². The molecule has 0 amide bonds. The monoisotopic (exact) mass is 394 g/mol. The third-order valence-electron chi connectivity index (χ3n) is 3.61. The van der Waals surface area contributed by atoms with Crippen LogP contribution in [0.2, 0.25) is 0 Å². The van der Waals surface area contributed by atoms with Crippen LogP contribution >= 0.6 is 22.6 Å². The van der Waals surface area contributed by atoms with E-state index in [1.54, 1.807) is 16.4 Å². The molecule has 0 bridgehead atoms. The van der Waals surface area contributed by atoms with Gasteiger partial charge in [-0.25, -0.2) is 8.42 Å². The maximum Gasteiger partial charge on any atom is 0.243 e. The normalized spacial score (nSPS) is 25.4. The number of sulfonamides is 1. The lowest BCUT2D eigenvalue weighted by Gasteiger charge is -2.38. The molecule has 1 saturated heterocycles. The standard InChI is InChI=1S/C13H19IN2O2S/c1-10-3-2-4-12(9-15)16(10)19(17,18)13-7-5-11(14)6-8-13/h5-8,10,12H,2-4,9,15H2,1H3. The summed E-state index contributed by atoms with van der Waals surface area (Å²) in [7, 11) is -3.44. The van der Waals surface area contributed by atoms with E-state index in [4.69, 9.17) is 5.73 Å². The minimum absolute atomic E-state index is 0.0200. The molecule has 2 rings (SSSR count). The summed E-state index contributed by atoms with van der Waals surface area (Å²) in [6, 6.07) is 6.93. The molecule has 1 aliphatic heterocycles. The maximum absolute atomic E-state index is 12.7. The quantitative estimate of drug-likeness (QED) is 0.800. The van der Waals surface area contributed by atoms with E-state index in [2.05, 4.69) is 22.6 Å². The van der Waals surface area contributed by atoms with Crippen LogP contribution in [-0.4, -0.2) is 31.4 Å². The van der Waals surface area contributed by atoms with Crippen LogP contribution in [0.3, 0.4) is 0 Å². The fraction of sp³-hybridized carbons (Fsp3) is 0.538. The molecule has 0 radical (unpaired) electrons. The van der Waals surface area contributed by atoms with Gasteiger partial charge in [-0.2, -0.15) is 4.31 Å². The number of nitrogens with two attached hydrogens (primary N) is 1. The molecule has 2 N–H and O–H groups in total. The third-order valence-corrected chi connectivity index (χ3v) is 6.41. The van der Waals surface area contributed by atoms with Gasteiger partial charge in [0.2, 0.25) is 10.0 Å². The summed E-state index contributed by atoms with van der Waals surface area (Å²) >= 11 is 2.17. The van der Waals surface area contributed by atoms with Crippen LogP contribution in [0.4, 0.5) is 0 Å². The molecule has 4 nitrogen and oxygen atoms in total. The van der Waals surface area contributed by atoms with Gasteiger partial charge in [0.25, 0.3) is 0 Å². The van der Waals surface area contributed by atoms with Gasteiger partial charge in [0.1, 0.15) is 0 Å². The summed E-state index contributed by atoms with van der Waals surface area (Å²) < 4.78 is 28.1. The first-order valence-corrected chi connectivity index (χ1v) is 8.98. The predicted molar refractivity (Wildman–Crippen MR) is 84.3 cm³/mol. The Morgan fingerprint density at radius 3 is 2.53 bits per heavy atom. The zero-order chi connectivity index (χ0) is 14.0. The highest BCUT2D eigenvalue weighted by atomic mass is 127. The number of benzene rings is 1. The smallest absolute Gasteiger partial charge is 0.243 e. The van der Waals surface area contributed by atoms with E-state index >= 15 is 0 Å². The largest absolute Gasteiger partial charge is 0.329 e. The summed E-state index contributed by atoms with van der Waals surface area (Å²) in [6.45, 7) is 2.35. The molecule has 6 heteroatoms. The number of piperidine rings is 1. The van der Waals surface area contributed by atoms with E-state index < -0.39 is 10.0 Å². The molecule has 0 aromatic heterocycles. The number of halogens is 1. The van der Waals surface area contributed by atoms with Crippen LogP contribution < -0.4 is 5.73 Å².